The number of aromatic nitrogens is 2. The molecule has 0 amide bonds. The summed E-state index contributed by atoms with van der Waals surface area (Å²) < 4.78 is 7.09. The first-order valence-electron chi connectivity index (χ1n) is 8.36. The van der Waals surface area contributed by atoms with E-state index in [4.69, 9.17) is 11.3 Å². The molecule has 0 aliphatic rings. The molecule has 1 heterocycles. The van der Waals surface area contributed by atoms with Crippen molar-refractivity contribution < 1.29 is 9.53 Å². The number of imidazole rings is 1. The van der Waals surface area contributed by atoms with Gasteiger partial charge in [-0.1, -0.05) is 42.0 Å². The molecule has 0 aliphatic carbocycles. The molecule has 5 heteroatoms. The van der Waals surface area contributed by atoms with Crippen LogP contribution in [0.15, 0.2) is 48.5 Å². The van der Waals surface area contributed by atoms with Crippen LogP contribution < -0.4 is 0 Å². The minimum absolute atomic E-state index is 0.296. The van der Waals surface area contributed by atoms with Crippen molar-refractivity contribution in [2.24, 2.45) is 0 Å². The first-order chi connectivity index (χ1) is 12.5. The number of rotatable bonds is 4. The van der Waals surface area contributed by atoms with Crippen molar-refractivity contribution >= 4 is 11.7 Å². The van der Waals surface area contributed by atoms with Gasteiger partial charge in [0.1, 0.15) is 5.82 Å². The molecule has 3 aromatic rings. The lowest BCUT2D eigenvalue weighted by Gasteiger charge is -2.11. The molecular formula is C21H19N3O2. The molecule has 0 radical (unpaired) electrons. The van der Waals surface area contributed by atoms with Crippen molar-refractivity contribution in [2.45, 2.75) is 20.8 Å². The zero-order valence-corrected chi connectivity index (χ0v) is 15.0. The Bertz CT molecular complexity index is 978. The van der Waals surface area contributed by atoms with Gasteiger partial charge in [0.2, 0.25) is 0 Å². The number of carbonyl (C=O) groups excluding carboxylic acids is 1. The highest BCUT2D eigenvalue weighted by Crippen LogP contribution is 2.28. The second kappa shape index (κ2) is 7.24. The second-order valence-electron chi connectivity index (χ2n) is 5.92. The summed E-state index contributed by atoms with van der Waals surface area (Å²) in [5.74, 6) is 0.209. The van der Waals surface area contributed by atoms with Crippen LogP contribution in [0.2, 0.25) is 0 Å². The van der Waals surface area contributed by atoms with Gasteiger partial charge in [-0.3, -0.25) is 4.57 Å². The smallest absolute Gasteiger partial charge is 0.358 e. The van der Waals surface area contributed by atoms with Crippen LogP contribution in [0.1, 0.15) is 28.7 Å². The predicted molar refractivity (Wildman–Crippen MR) is 101 cm³/mol. The highest BCUT2D eigenvalue weighted by molar-refractivity contribution is 5.90. The maximum Gasteiger partial charge on any atom is 0.358 e. The van der Waals surface area contributed by atoms with Gasteiger partial charge >= 0.3 is 5.97 Å². The molecular weight excluding hydrogens is 326 g/mol. The van der Waals surface area contributed by atoms with Crippen LogP contribution in [0.25, 0.3) is 21.9 Å². The van der Waals surface area contributed by atoms with E-state index in [1.54, 1.807) is 19.1 Å². The Hall–Kier alpha value is -3.39. The minimum atomic E-state index is -0.435. The van der Waals surface area contributed by atoms with Crippen LogP contribution in [0, 0.1) is 20.4 Å². The number of benzene rings is 2. The summed E-state index contributed by atoms with van der Waals surface area (Å²) in [6.07, 6.45) is 0. The van der Waals surface area contributed by atoms with Gasteiger partial charge in [-0.2, -0.15) is 0 Å². The zero-order valence-electron chi connectivity index (χ0n) is 15.0. The molecule has 2 aromatic carbocycles. The molecule has 130 valence electrons. The third-order valence-electron chi connectivity index (χ3n) is 4.12. The molecule has 0 aliphatic heterocycles. The lowest BCUT2D eigenvalue weighted by atomic mass is 10.1. The Morgan fingerprint density at radius 1 is 1.12 bits per heavy atom. The number of nitrogens with zero attached hydrogens (tertiary/aromatic N) is 3. The number of carbonyl (C=O) groups is 1. The van der Waals surface area contributed by atoms with E-state index in [9.17, 15) is 4.79 Å². The fourth-order valence-corrected chi connectivity index (χ4v) is 2.78. The molecule has 1 aromatic heterocycles. The van der Waals surface area contributed by atoms with Crippen molar-refractivity contribution in [3.63, 3.8) is 0 Å². The summed E-state index contributed by atoms with van der Waals surface area (Å²) in [6.45, 7) is 13.1. The molecule has 0 N–H and O–H groups in total. The van der Waals surface area contributed by atoms with Crippen LogP contribution in [0.3, 0.4) is 0 Å². The molecule has 0 bridgehead atoms. The summed E-state index contributed by atoms with van der Waals surface area (Å²) in [7, 11) is 0. The van der Waals surface area contributed by atoms with Crippen molar-refractivity contribution in [1.82, 2.24) is 9.55 Å². The summed E-state index contributed by atoms with van der Waals surface area (Å²) in [5, 5.41) is 0. The van der Waals surface area contributed by atoms with E-state index in [1.165, 1.54) is 0 Å². The van der Waals surface area contributed by atoms with Crippen LogP contribution in [-0.2, 0) is 4.74 Å². The predicted octanol–water partition coefficient (Wildman–Crippen LogP) is 4.88. The Morgan fingerprint density at radius 3 is 2.35 bits per heavy atom. The first kappa shape index (κ1) is 17.4. The molecule has 26 heavy (non-hydrogen) atoms. The molecule has 0 saturated carbocycles. The zero-order chi connectivity index (χ0) is 18.7. The molecule has 0 unspecified atom stereocenters. The summed E-state index contributed by atoms with van der Waals surface area (Å²) in [5.41, 5.74) is 4.48. The van der Waals surface area contributed by atoms with E-state index in [2.05, 4.69) is 9.83 Å². The van der Waals surface area contributed by atoms with E-state index in [0.717, 1.165) is 22.5 Å². The van der Waals surface area contributed by atoms with Crippen molar-refractivity contribution in [2.75, 3.05) is 6.61 Å². The normalized spacial score (nSPS) is 10.4. The molecule has 0 atom stereocenters. The van der Waals surface area contributed by atoms with Crippen LogP contribution in [0.5, 0.6) is 0 Å². The van der Waals surface area contributed by atoms with Crippen molar-refractivity contribution in [1.29, 1.82) is 0 Å². The van der Waals surface area contributed by atoms with Gasteiger partial charge in [0.05, 0.1) is 18.9 Å². The molecule has 0 spiro atoms. The Morgan fingerprint density at radius 2 is 1.77 bits per heavy atom. The van der Waals surface area contributed by atoms with Crippen molar-refractivity contribution in [3.8, 4) is 17.1 Å². The second-order valence-corrected chi connectivity index (χ2v) is 5.92. The number of hydrogen-bond donors (Lipinski definition) is 0. The van der Waals surface area contributed by atoms with Gasteiger partial charge in [0, 0.05) is 11.3 Å². The van der Waals surface area contributed by atoms with Gasteiger partial charge in [0.15, 0.2) is 11.4 Å². The Labute approximate surface area is 152 Å². The van der Waals surface area contributed by atoms with E-state index in [0.29, 0.717) is 23.8 Å². The van der Waals surface area contributed by atoms with E-state index in [1.807, 2.05) is 54.8 Å². The van der Waals surface area contributed by atoms with Crippen LogP contribution in [-0.4, -0.2) is 22.1 Å². The Balaban J connectivity index is 2.20. The number of ether oxygens (including phenoxy) is 1. The maximum atomic E-state index is 12.3. The highest BCUT2D eigenvalue weighted by Gasteiger charge is 2.22. The van der Waals surface area contributed by atoms with E-state index in [-0.39, 0.29) is 0 Å². The van der Waals surface area contributed by atoms with Crippen molar-refractivity contribution in [3.05, 3.63) is 76.9 Å². The number of hydrogen-bond acceptors (Lipinski definition) is 3. The monoisotopic (exact) mass is 345 g/mol. The third kappa shape index (κ3) is 3.22. The maximum absolute atomic E-state index is 12.3. The fraction of sp³-hybridized carbons (Fsp3) is 0.190. The van der Waals surface area contributed by atoms with E-state index < -0.39 is 5.97 Å². The third-order valence-corrected chi connectivity index (χ3v) is 4.12. The van der Waals surface area contributed by atoms with Gasteiger partial charge in [0.25, 0.3) is 0 Å². The number of esters is 1. The largest absolute Gasteiger partial charge is 0.461 e. The van der Waals surface area contributed by atoms with Gasteiger partial charge in [-0.15, -0.1) is 0 Å². The summed E-state index contributed by atoms with van der Waals surface area (Å²) in [6, 6.07) is 15.2. The molecule has 5 nitrogen and oxygen atoms in total. The molecule has 0 fully saturated rings. The lowest BCUT2D eigenvalue weighted by molar-refractivity contribution is 0.0519. The lowest BCUT2D eigenvalue weighted by Crippen LogP contribution is -2.07. The summed E-state index contributed by atoms with van der Waals surface area (Å²) >= 11 is 0. The van der Waals surface area contributed by atoms with Crippen LogP contribution in [0.4, 0.5) is 5.69 Å². The van der Waals surface area contributed by atoms with Crippen LogP contribution >= 0.6 is 0 Å². The number of aryl methyl sites for hydroxylation is 1. The SMILES string of the molecule is [C-]#[N+]c1ccc(-c2nc(C(=O)OCC)c(C)n2-c2ccc(C)cc2)cc1. The fourth-order valence-electron chi connectivity index (χ4n) is 2.78. The van der Waals surface area contributed by atoms with Gasteiger partial charge in [-0.25, -0.2) is 14.6 Å². The quantitative estimate of drug-likeness (QED) is 0.500. The molecule has 0 saturated heterocycles. The summed E-state index contributed by atoms with van der Waals surface area (Å²) in [4.78, 5) is 20.3. The Kier molecular flexibility index (Phi) is 4.85. The molecule has 3 rings (SSSR count). The van der Waals surface area contributed by atoms with Gasteiger partial charge in [-0.05, 0) is 32.9 Å². The standard InChI is InChI=1S/C21H19N3O2/c1-5-26-21(25)19-15(3)24(18-12-6-14(2)7-13-18)20(23-19)16-8-10-17(22-4)11-9-16/h6-13H,5H2,1-3H3. The topological polar surface area (TPSA) is 48.5 Å². The first-order valence-corrected chi connectivity index (χ1v) is 8.36. The average Bonchev–Trinajstić information content (AvgIpc) is 3.00. The highest BCUT2D eigenvalue weighted by atomic mass is 16.5. The average molecular weight is 345 g/mol. The minimum Gasteiger partial charge on any atom is -0.461 e. The van der Waals surface area contributed by atoms with E-state index >= 15 is 0 Å². The van der Waals surface area contributed by atoms with Gasteiger partial charge < -0.3 is 4.74 Å².